The van der Waals surface area contributed by atoms with Crippen molar-refractivity contribution in [2.45, 2.75) is 19.9 Å². The van der Waals surface area contributed by atoms with Crippen LogP contribution in [0.2, 0.25) is 0 Å². The van der Waals surface area contributed by atoms with Crippen LogP contribution in [0.3, 0.4) is 0 Å². The maximum absolute atomic E-state index is 13.0. The van der Waals surface area contributed by atoms with Crippen LogP contribution in [0.4, 0.5) is 5.69 Å². The van der Waals surface area contributed by atoms with E-state index in [-0.39, 0.29) is 11.9 Å². The molecule has 1 aliphatic heterocycles. The summed E-state index contributed by atoms with van der Waals surface area (Å²) in [5.74, 6) is -0.128. The SMILES string of the molecule is CSC1=N[C@@H](c2ccccc2)C(C(=O)Nc2ccccc2C)=C(C)N1. The lowest BCUT2D eigenvalue weighted by molar-refractivity contribution is -0.113. The third-order valence-electron chi connectivity index (χ3n) is 4.16. The Hall–Kier alpha value is -2.53. The third kappa shape index (κ3) is 3.77. The van der Waals surface area contributed by atoms with Gasteiger partial charge in [0.1, 0.15) is 6.04 Å². The Bertz CT molecular complexity index is 843. The number of hydrogen-bond donors (Lipinski definition) is 2. The molecule has 0 radical (unpaired) electrons. The molecule has 2 aromatic rings. The van der Waals surface area contributed by atoms with Crippen LogP contribution in [0, 0.1) is 6.92 Å². The molecule has 0 aromatic heterocycles. The van der Waals surface area contributed by atoms with E-state index in [2.05, 4.69) is 10.6 Å². The van der Waals surface area contributed by atoms with Gasteiger partial charge in [-0.15, -0.1) is 0 Å². The summed E-state index contributed by atoms with van der Waals surface area (Å²) >= 11 is 1.54. The van der Waals surface area contributed by atoms with Crippen LogP contribution in [-0.2, 0) is 4.79 Å². The lowest BCUT2D eigenvalue weighted by Gasteiger charge is -2.26. The number of carbonyl (C=O) groups is 1. The van der Waals surface area contributed by atoms with Crippen LogP contribution in [0.25, 0.3) is 0 Å². The van der Waals surface area contributed by atoms with Crippen LogP contribution in [0.5, 0.6) is 0 Å². The van der Waals surface area contributed by atoms with Gasteiger partial charge in [0, 0.05) is 11.4 Å². The van der Waals surface area contributed by atoms with Gasteiger partial charge in [0.2, 0.25) is 0 Å². The highest BCUT2D eigenvalue weighted by atomic mass is 32.2. The zero-order chi connectivity index (χ0) is 17.8. The lowest BCUT2D eigenvalue weighted by Crippen LogP contribution is -2.32. The van der Waals surface area contributed by atoms with E-state index in [0.29, 0.717) is 5.57 Å². The van der Waals surface area contributed by atoms with Crippen molar-refractivity contribution >= 4 is 28.5 Å². The number of amides is 1. The summed E-state index contributed by atoms with van der Waals surface area (Å²) in [7, 11) is 0. The Kier molecular flexibility index (Phi) is 5.24. The number of hydrogen-bond acceptors (Lipinski definition) is 4. The second kappa shape index (κ2) is 7.57. The number of allylic oxidation sites excluding steroid dienone is 1. The molecular formula is C20H21N3OS. The molecule has 1 amide bonds. The first-order valence-electron chi connectivity index (χ1n) is 8.11. The second-order valence-corrected chi connectivity index (χ2v) is 6.68. The number of aliphatic imine (C=N–C) groups is 1. The normalized spacial score (nSPS) is 16.9. The molecule has 0 saturated heterocycles. The Morgan fingerprint density at radius 1 is 1.08 bits per heavy atom. The maximum atomic E-state index is 13.0. The predicted molar refractivity (Wildman–Crippen MR) is 106 cm³/mol. The average Bonchev–Trinajstić information content (AvgIpc) is 2.63. The van der Waals surface area contributed by atoms with E-state index in [4.69, 9.17) is 4.99 Å². The molecule has 0 aliphatic carbocycles. The van der Waals surface area contributed by atoms with E-state index in [0.717, 1.165) is 27.7 Å². The fraction of sp³-hybridized carbons (Fsp3) is 0.200. The van der Waals surface area contributed by atoms with Gasteiger partial charge in [-0.2, -0.15) is 0 Å². The molecule has 3 rings (SSSR count). The summed E-state index contributed by atoms with van der Waals surface area (Å²) < 4.78 is 0. The van der Waals surface area contributed by atoms with Crippen molar-refractivity contribution in [3.05, 3.63) is 77.0 Å². The minimum absolute atomic E-state index is 0.128. The van der Waals surface area contributed by atoms with Gasteiger partial charge in [-0.1, -0.05) is 60.3 Å². The summed E-state index contributed by atoms with van der Waals surface area (Å²) in [5, 5.41) is 7.08. The number of aryl methyl sites for hydroxylation is 1. The fourth-order valence-corrected chi connectivity index (χ4v) is 3.29. The van der Waals surface area contributed by atoms with E-state index in [9.17, 15) is 4.79 Å². The standard InChI is InChI=1S/C20H21N3OS/c1-13-9-7-8-12-16(13)22-19(24)17-14(2)21-20(25-3)23-18(17)15-10-5-4-6-11-15/h4-12,18H,1-3H3,(H,21,23)(H,22,24)/t18-/m0/s1. The van der Waals surface area contributed by atoms with Crippen molar-refractivity contribution in [3.8, 4) is 0 Å². The molecule has 0 bridgehead atoms. The van der Waals surface area contributed by atoms with Gasteiger partial charge in [-0.25, -0.2) is 4.99 Å². The first-order chi connectivity index (χ1) is 12.1. The molecule has 5 heteroatoms. The Morgan fingerprint density at radius 2 is 1.76 bits per heavy atom. The van der Waals surface area contributed by atoms with Crippen LogP contribution in [0.1, 0.15) is 24.1 Å². The molecule has 2 aromatic carbocycles. The van der Waals surface area contributed by atoms with Crippen LogP contribution in [-0.4, -0.2) is 17.3 Å². The van der Waals surface area contributed by atoms with Gasteiger partial charge in [0.25, 0.3) is 5.91 Å². The zero-order valence-electron chi connectivity index (χ0n) is 14.5. The molecule has 128 valence electrons. The molecule has 0 fully saturated rings. The topological polar surface area (TPSA) is 53.5 Å². The average molecular weight is 351 g/mol. The van der Waals surface area contributed by atoms with Crippen LogP contribution < -0.4 is 10.6 Å². The highest BCUT2D eigenvalue weighted by Crippen LogP contribution is 2.32. The summed E-state index contributed by atoms with van der Waals surface area (Å²) in [6.45, 7) is 3.90. The molecule has 0 unspecified atom stereocenters. The summed E-state index contributed by atoms with van der Waals surface area (Å²) in [4.78, 5) is 17.8. The number of amidine groups is 1. The van der Waals surface area contributed by atoms with E-state index in [1.807, 2.05) is 74.7 Å². The highest BCUT2D eigenvalue weighted by molar-refractivity contribution is 8.13. The molecular weight excluding hydrogens is 330 g/mol. The number of anilines is 1. The van der Waals surface area contributed by atoms with Crippen molar-refractivity contribution in [2.24, 2.45) is 4.99 Å². The van der Waals surface area contributed by atoms with Gasteiger partial charge >= 0.3 is 0 Å². The number of thioether (sulfide) groups is 1. The molecule has 1 heterocycles. The Labute approximate surface area is 152 Å². The van der Waals surface area contributed by atoms with Gasteiger partial charge in [0.15, 0.2) is 5.17 Å². The first-order valence-corrected chi connectivity index (χ1v) is 9.34. The van der Waals surface area contributed by atoms with Gasteiger partial charge in [-0.05, 0) is 37.3 Å². The summed E-state index contributed by atoms with van der Waals surface area (Å²) in [6, 6.07) is 17.4. The monoisotopic (exact) mass is 351 g/mol. The Balaban J connectivity index is 1.96. The summed E-state index contributed by atoms with van der Waals surface area (Å²) in [5.41, 5.74) is 4.33. The molecule has 2 N–H and O–H groups in total. The minimum atomic E-state index is -0.311. The molecule has 25 heavy (non-hydrogen) atoms. The van der Waals surface area contributed by atoms with Crippen molar-refractivity contribution < 1.29 is 4.79 Å². The number of nitrogens with zero attached hydrogens (tertiary/aromatic N) is 1. The lowest BCUT2D eigenvalue weighted by atomic mass is 9.96. The van der Waals surface area contributed by atoms with E-state index in [1.54, 1.807) is 11.8 Å². The van der Waals surface area contributed by atoms with E-state index < -0.39 is 0 Å². The number of nitrogens with one attached hydrogen (secondary N) is 2. The van der Waals surface area contributed by atoms with Crippen LogP contribution in [0.15, 0.2) is 70.9 Å². The van der Waals surface area contributed by atoms with Crippen LogP contribution >= 0.6 is 11.8 Å². The Morgan fingerprint density at radius 3 is 2.44 bits per heavy atom. The minimum Gasteiger partial charge on any atom is -0.338 e. The van der Waals surface area contributed by atoms with Crippen molar-refractivity contribution in [3.63, 3.8) is 0 Å². The number of carbonyl (C=O) groups excluding carboxylic acids is 1. The van der Waals surface area contributed by atoms with Gasteiger partial charge in [0.05, 0.1) is 5.57 Å². The number of para-hydroxylation sites is 1. The van der Waals surface area contributed by atoms with E-state index >= 15 is 0 Å². The molecule has 1 atom stereocenters. The van der Waals surface area contributed by atoms with Gasteiger partial charge in [-0.3, -0.25) is 4.79 Å². The quantitative estimate of drug-likeness (QED) is 0.868. The fourth-order valence-electron chi connectivity index (χ4n) is 2.82. The van der Waals surface area contributed by atoms with Gasteiger partial charge < -0.3 is 10.6 Å². The van der Waals surface area contributed by atoms with E-state index in [1.165, 1.54) is 0 Å². The second-order valence-electron chi connectivity index (χ2n) is 5.88. The maximum Gasteiger partial charge on any atom is 0.255 e. The highest BCUT2D eigenvalue weighted by Gasteiger charge is 2.29. The third-order valence-corrected chi connectivity index (χ3v) is 4.76. The van der Waals surface area contributed by atoms with Crippen molar-refractivity contribution in [2.75, 3.05) is 11.6 Å². The molecule has 1 aliphatic rings. The van der Waals surface area contributed by atoms with Crippen molar-refractivity contribution in [1.29, 1.82) is 0 Å². The molecule has 4 nitrogen and oxygen atoms in total. The zero-order valence-corrected chi connectivity index (χ0v) is 15.4. The smallest absolute Gasteiger partial charge is 0.255 e. The molecule has 0 spiro atoms. The van der Waals surface area contributed by atoms with Crippen molar-refractivity contribution in [1.82, 2.24) is 5.32 Å². The largest absolute Gasteiger partial charge is 0.338 e. The predicted octanol–water partition coefficient (Wildman–Crippen LogP) is 4.27. The first kappa shape index (κ1) is 17.3. The number of rotatable bonds is 3. The molecule has 0 saturated carbocycles. The summed E-state index contributed by atoms with van der Waals surface area (Å²) in [6.07, 6.45) is 1.97. The number of benzene rings is 2.